The Morgan fingerprint density at radius 1 is 0.944 bits per heavy atom. The molecule has 5 fully saturated rings. The Labute approximate surface area is 414 Å². The van der Waals surface area contributed by atoms with E-state index in [0.717, 1.165) is 81.9 Å². The smallest absolute Gasteiger partial charge is 0.293 e. The lowest BCUT2D eigenvalue weighted by molar-refractivity contribution is -0.384. The number of aromatic nitrogens is 2. The molecule has 18 heteroatoms. The molecule has 11 rings (SSSR count). The molecule has 3 atom stereocenters. The van der Waals surface area contributed by atoms with Crippen molar-refractivity contribution in [3.8, 4) is 5.88 Å². The first-order valence-electron chi connectivity index (χ1n) is 25.3. The van der Waals surface area contributed by atoms with E-state index >= 15 is 0 Å². The summed E-state index contributed by atoms with van der Waals surface area (Å²) < 4.78 is 49.2. The molecule has 376 valence electrons. The second-order valence-corrected chi connectivity index (χ2v) is 22.9. The maximum absolute atomic E-state index is 14.7. The number of hydrogen-bond donors (Lipinski definition) is 4. The third-order valence-corrected chi connectivity index (χ3v) is 17.9. The highest BCUT2D eigenvalue weighted by Gasteiger charge is 2.50. The van der Waals surface area contributed by atoms with Gasteiger partial charge in [-0.15, -0.1) is 0 Å². The van der Waals surface area contributed by atoms with Crippen LogP contribution >= 0.6 is 0 Å². The van der Waals surface area contributed by atoms with Crippen molar-refractivity contribution in [3.05, 3.63) is 106 Å². The van der Waals surface area contributed by atoms with Crippen LogP contribution in [0.3, 0.4) is 0 Å². The molecule has 4 N–H and O–H groups in total. The number of H-pyrrole nitrogens is 1. The average Bonchev–Trinajstić information content (AvgIpc) is 3.75. The number of fused-ring (bicyclic) bond motifs is 3. The zero-order chi connectivity index (χ0) is 49.1. The van der Waals surface area contributed by atoms with E-state index in [1.54, 1.807) is 6.07 Å². The van der Waals surface area contributed by atoms with Gasteiger partial charge in [0.15, 0.2) is 0 Å². The van der Waals surface area contributed by atoms with Crippen molar-refractivity contribution in [3.63, 3.8) is 0 Å². The van der Waals surface area contributed by atoms with Gasteiger partial charge in [0.25, 0.3) is 21.6 Å². The van der Waals surface area contributed by atoms with Crippen molar-refractivity contribution < 1.29 is 37.5 Å². The first-order valence-corrected chi connectivity index (χ1v) is 26.8. The van der Waals surface area contributed by atoms with E-state index in [0.29, 0.717) is 81.1 Å². The van der Waals surface area contributed by atoms with E-state index in [1.165, 1.54) is 23.3 Å². The number of amides is 1. The molecule has 71 heavy (non-hydrogen) atoms. The number of nitro groups is 1. The number of piperidine rings is 1. The van der Waals surface area contributed by atoms with Crippen molar-refractivity contribution in [2.45, 2.75) is 100 Å². The number of aryl methyl sites for hydroxylation is 1. The number of ether oxygens (including phenoxy) is 3. The lowest BCUT2D eigenvalue weighted by Gasteiger charge is -2.57. The van der Waals surface area contributed by atoms with E-state index < -0.39 is 37.0 Å². The Hall–Kier alpha value is -5.79. The molecule has 0 unspecified atom stereocenters. The SMILES string of the molecule is Cc1ccccc1[C@@H]1COCCN1C1CC2(CCN(c3ccc(C(=O)NS(=O)(=O)c4ccc(NC[C@H]5CC[C@](C)(O)CC5)c([N+](=O)[O-])c4)c(N4C[C@H]5CCOC[C@@H]5Oc5nc6[nH]ccc6cc54)c3)CC2)C1. The highest BCUT2D eigenvalue weighted by molar-refractivity contribution is 7.90. The molecule has 2 aromatic heterocycles. The Morgan fingerprint density at radius 2 is 1.73 bits per heavy atom. The van der Waals surface area contributed by atoms with Gasteiger partial charge < -0.3 is 39.4 Å². The summed E-state index contributed by atoms with van der Waals surface area (Å²) in [5.74, 6) is -0.300. The van der Waals surface area contributed by atoms with E-state index in [1.807, 2.05) is 42.3 Å². The number of anilines is 4. The number of rotatable bonds is 11. The van der Waals surface area contributed by atoms with Crippen LogP contribution in [-0.2, 0) is 19.5 Å². The van der Waals surface area contributed by atoms with E-state index in [4.69, 9.17) is 19.2 Å². The molecule has 3 saturated heterocycles. The van der Waals surface area contributed by atoms with Gasteiger partial charge in [-0.3, -0.25) is 19.8 Å². The van der Waals surface area contributed by atoms with Gasteiger partial charge in [-0.05, 0) is 137 Å². The van der Waals surface area contributed by atoms with Gasteiger partial charge in [0.05, 0.1) is 52.5 Å². The summed E-state index contributed by atoms with van der Waals surface area (Å²) in [7, 11) is -4.62. The Morgan fingerprint density at radius 3 is 2.52 bits per heavy atom. The van der Waals surface area contributed by atoms with Gasteiger partial charge >= 0.3 is 0 Å². The minimum Gasteiger partial charge on any atom is -0.470 e. The molecule has 6 heterocycles. The molecular formula is C53H64N8O9S. The van der Waals surface area contributed by atoms with Crippen molar-refractivity contribution in [1.29, 1.82) is 0 Å². The maximum Gasteiger partial charge on any atom is 0.293 e. The number of carbonyl (C=O) groups is 1. The standard InChI is InChI=1S/C53H64N8O9S/c1-34-5-3-4-6-41(34)47-32-69-24-22-59(47)39-28-53(29-39)17-20-58(21-18-53)38-7-9-42(44(26-38)60-31-37-14-23-68-33-48(37)70-51-46(60)25-36-13-19-54-49(36)56-51)50(62)57-71(66,67)40-8-10-43(45(27-40)61(64)65)55-30-35-11-15-52(2,63)16-12-35/h3-10,13,19,25-27,35,37,39,47-48,55,63H,11-12,14-18,20-24,28-33H2,1-2H3,(H,54,56)(H,57,62)/t35-,37-,47+,48+,52-/m1/s1. The zero-order valence-electron chi connectivity index (χ0n) is 40.5. The number of nitrogens with one attached hydrogen (secondary N) is 3. The summed E-state index contributed by atoms with van der Waals surface area (Å²) in [5.41, 5.74) is 4.76. The molecule has 4 aliphatic heterocycles. The number of sulfonamides is 1. The minimum absolute atomic E-state index is 0.00136. The van der Waals surface area contributed by atoms with Crippen LogP contribution < -0.4 is 24.6 Å². The van der Waals surface area contributed by atoms with Crippen LogP contribution in [0, 0.1) is 34.3 Å². The number of nitro benzene ring substituents is 1. The first-order chi connectivity index (χ1) is 34.2. The largest absolute Gasteiger partial charge is 0.470 e. The number of aliphatic hydroxyl groups is 1. The van der Waals surface area contributed by atoms with Gasteiger partial charge in [-0.2, -0.15) is 4.98 Å². The number of benzene rings is 3. The third-order valence-electron chi connectivity index (χ3n) is 16.6. The van der Waals surface area contributed by atoms with Gasteiger partial charge in [-0.25, -0.2) is 13.1 Å². The molecular weight excluding hydrogens is 925 g/mol. The number of pyridine rings is 1. The van der Waals surface area contributed by atoms with E-state index in [-0.39, 0.29) is 40.6 Å². The Balaban J connectivity index is 0.869. The Kier molecular flexibility index (Phi) is 12.7. The number of carbonyl (C=O) groups excluding carboxylic acids is 1. The van der Waals surface area contributed by atoms with E-state index in [2.05, 4.69) is 56.0 Å². The molecule has 0 radical (unpaired) electrons. The topological polar surface area (TPSA) is 205 Å². The van der Waals surface area contributed by atoms with Crippen molar-refractivity contribution >= 4 is 55.4 Å². The van der Waals surface area contributed by atoms with Gasteiger partial charge in [0, 0.05) is 74.6 Å². The van der Waals surface area contributed by atoms with Gasteiger partial charge in [0.2, 0.25) is 5.88 Å². The predicted molar refractivity (Wildman–Crippen MR) is 270 cm³/mol. The van der Waals surface area contributed by atoms with E-state index in [9.17, 15) is 28.4 Å². The lowest BCUT2D eigenvalue weighted by Crippen LogP contribution is -2.57. The number of aromatic amines is 1. The van der Waals surface area contributed by atoms with Crippen molar-refractivity contribution in [1.82, 2.24) is 19.6 Å². The molecule has 1 spiro atoms. The summed E-state index contributed by atoms with van der Waals surface area (Å²) in [6, 6.07) is 22.5. The normalized spacial score (nSPS) is 25.9. The molecule has 3 aromatic carbocycles. The summed E-state index contributed by atoms with van der Waals surface area (Å²) in [5, 5.41) is 26.7. The minimum atomic E-state index is -4.62. The summed E-state index contributed by atoms with van der Waals surface area (Å²) in [4.78, 5) is 41.2. The maximum atomic E-state index is 14.7. The summed E-state index contributed by atoms with van der Waals surface area (Å²) in [6.45, 7) is 9.87. The second-order valence-electron chi connectivity index (χ2n) is 21.2. The fourth-order valence-electron chi connectivity index (χ4n) is 12.2. The van der Waals surface area contributed by atoms with Crippen LogP contribution in [0.5, 0.6) is 5.88 Å². The average molecular weight is 989 g/mol. The molecule has 1 amide bonds. The molecule has 5 aromatic rings. The molecule has 17 nitrogen and oxygen atoms in total. The van der Waals surface area contributed by atoms with Crippen LogP contribution in [0.1, 0.15) is 92.2 Å². The lowest BCUT2D eigenvalue weighted by atomic mass is 9.59. The van der Waals surface area contributed by atoms with Crippen molar-refractivity contribution in [2.75, 3.05) is 74.3 Å². The van der Waals surface area contributed by atoms with Gasteiger partial charge in [-0.1, -0.05) is 24.3 Å². The predicted octanol–water partition coefficient (Wildman–Crippen LogP) is 8.01. The van der Waals surface area contributed by atoms with Crippen LogP contribution in [0.15, 0.2) is 83.9 Å². The number of hydrogen-bond acceptors (Lipinski definition) is 14. The second kappa shape index (κ2) is 19.0. The third kappa shape index (κ3) is 9.56. The fraction of sp³-hybridized carbons (Fsp3) is 0.509. The molecule has 2 saturated carbocycles. The Bertz CT molecular complexity index is 2920. The van der Waals surface area contributed by atoms with Crippen LogP contribution in [-0.4, -0.2) is 116 Å². The van der Waals surface area contributed by atoms with Gasteiger partial charge in [0.1, 0.15) is 23.1 Å². The van der Waals surface area contributed by atoms with Crippen LogP contribution in [0.4, 0.5) is 28.4 Å². The highest BCUT2D eigenvalue weighted by Crippen LogP contribution is 2.53. The van der Waals surface area contributed by atoms with Crippen LogP contribution in [0.2, 0.25) is 0 Å². The fourth-order valence-corrected chi connectivity index (χ4v) is 13.2. The van der Waals surface area contributed by atoms with Crippen LogP contribution in [0.25, 0.3) is 11.0 Å². The quantitative estimate of drug-likeness (QED) is 0.0732. The summed E-state index contributed by atoms with van der Waals surface area (Å²) >= 11 is 0. The summed E-state index contributed by atoms with van der Waals surface area (Å²) in [6.07, 6.45) is 9.37. The first kappa shape index (κ1) is 47.5. The van der Waals surface area contributed by atoms with Crippen molar-refractivity contribution in [2.24, 2.45) is 17.3 Å². The number of nitrogens with zero attached hydrogens (tertiary/aromatic N) is 5. The molecule has 0 bridgehead atoms. The molecule has 2 aliphatic carbocycles. The highest BCUT2D eigenvalue weighted by atomic mass is 32.2. The zero-order valence-corrected chi connectivity index (χ0v) is 41.3. The number of morpholine rings is 1. The monoisotopic (exact) mass is 988 g/mol. The molecule has 6 aliphatic rings.